The Bertz CT molecular complexity index is 1370. The highest BCUT2D eigenvalue weighted by molar-refractivity contribution is 7.99. The summed E-state index contributed by atoms with van der Waals surface area (Å²) in [6.45, 7) is 3.06. The third kappa shape index (κ3) is 4.58. The number of benzene rings is 1. The number of nitrogens with zero attached hydrogens (tertiary/aromatic N) is 6. The zero-order valence-electron chi connectivity index (χ0n) is 18.8. The molecular formula is C24H25N7O2S. The van der Waals surface area contributed by atoms with E-state index in [0.717, 1.165) is 25.8 Å². The predicted molar refractivity (Wildman–Crippen MR) is 130 cm³/mol. The first-order chi connectivity index (χ1) is 16.6. The molecule has 174 valence electrons. The zero-order chi connectivity index (χ0) is 23.5. The molecule has 0 unspecified atom stereocenters. The van der Waals surface area contributed by atoms with Crippen LogP contribution in [0.4, 0.5) is 0 Å². The van der Waals surface area contributed by atoms with Crippen molar-refractivity contribution in [1.82, 2.24) is 34.6 Å². The van der Waals surface area contributed by atoms with Crippen molar-refractivity contribution in [2.24, 2.45) is 0 Å². The number of amides is 1. The quantitative estimate of drug-likeness (QED) is 0.424. The van der Waals surface area contributed by atoms with Crippen LogP contribution >= 0.6 is 11.8 Å². The molecule has 0 saturated carbocycles. The number of thioether (sulfide) groups is 1. The van der Waals surface area contributed by atoms with Crippen LogP contribution in [0.25, 0.3) is 16.7 Å². The largest absolute Gasteiger partial charge is 0.335 e. The fourth-order valence-electron chi connectivity index (χ4n) is 4.08. The van der Waals surface area contributed by atoms with Gasteiger partial charge < -0.3 is 9.88 Å². The number of carbonyl (C=O) groups is 1. The van der Waals surface area contributed by atoms with Crippen molar-refractivity contribution in [2.75, 3.05) is 6.54 Å². The lowest BCUT2D eigenvalue weighted by Gasteiger charge is -2.20. The lowest BCUT2D eigenvalue weighted by atomic mass is 10.2. The molecule has 10 heteroatoms. The van der Waals surface area contributed by atoms with E-state index in [1.54, 1.807) is 12.3 Å². The predicted octanol–water partition coefficient (Wildman–Crippen LogP) is 3.65. The average molecular weight is 476 g/mol. The highest BCUT2D eigenvalue weighted by atomic mass is 32.2. The van der Waals surface area contributed by atoms with Gasteiger partial charge in [-0.3, -0.25) is 14.2 Å². The van der Waals surface area contributed by atoms with E-state index >= 15 is 0 Å². The number of rotatable bonds is 6. The summed E-state index contributed by atoms with van der Waals surface area (Å²) < 4.78 is 1.89. The number of aromatic amines is 1. The van der Waals surface area contributed by atoms with Crippen LogP contribution in [-0.2, 0) is 11.3 Å². The number of H-pyrrole nitrogens is 1. The number of nitrogens with one attached hydrogen (secondary N) is 1. The van der Waals surface area contributed by atoms with Gasteiger partial charge in [-0.25, -0.2) is 9.97 Å². The summed E-state index contributed by atoms with van der Waals surface area (Å²) in [4.78, 5) is 39.0. The second-order valence-corrected chi connectivity index (χ2v) is 9.58. The number of carbonyl (C=O) groups excluding carboxylic acids is 1. The highest BCUT2D eigenvalue weighted by Crippen LogP contribution is 2.33. The van der Waals surface area contributed by atoms with Gasteiger partial charge in [-0.2, -0.15) is 0 Å². The topological polar surface area (TPSA) is 110 Å². The van der Waals surface area contributed by atoms with Gasteiger partial charge in [0.05, 0.1) is 22.7 Å². The summed E-state index contributed by atoms with van der Waals surface area (Å²) >= 11 is 1.44. The van der Waals surface area contributed by atoms with Crippen molar-refractivity contribution >= 4 is 28.6 Å². The van der Waals surface area contributed by atoms with Gasteiger partial charge in [0.2, 0.25) is 5.91 Å². The zero-order valence-corrected chi connectivity index (χ0v) is 19.7. The standard InChI is InChI=1S/C24H25N7O2S/c1-16(22-26-18-10-5-4-9-17(18)23(33)27-22)34-24-29-28-20(31(24)19-11-6-7-13-25-19)15-30-14-8-2-3-12-21(30)32/h4-7,9-11,13,16H,2-3,8,12,14-15H2,1H3,(H,26,27,33)/t16-/m0/s1. The van der Waals surface area contributed by atoms with Crippen LogP contribution in [0.15, 0.2) is 58.6 Å². The average Bonchev–Trinajstić information content (AvgIpc) is 3.13. The molecule has 0 radical (unpaired) electrons. The first kappa shape index (κ1) is 22.3. The molecule has 1 atom stereocenters. The molecule has 9 nitrogen and oxygen atoms in total. The van der Waals surface area contributed by atoms with Gasteiger partial charge in [-0.15, -0.1) is 10.2 Å². The molecule has 0 aliphatic carbocycles. The SMILES string of the molecule is C[C@H](Sc1nnc(CN2CCCCCC2=O)n1-c1ccccn1)c1nc2ccccc2c(=O)[nH]1. The third-order valence-electron chi connectivity index (χ3n) is 5.88. The first-order valence-electron chi connectivity index (χ1n) is 11.4. The molecule has 1 fully saturated rings. The van der Waals surface area contributed by atoms with E-state index in [-0.39, 0.29) is 16.7 Å². The molecule has 1 saturated heterocycles. The summed E-state index contributed by atoms with van der Waals surface area (Å²) in [7, 11) is 0. The monoisotopic (exact) mass is 475 g/mol. The lowest BCUT2D eigenvalue weighted by molar-refractivity contribution is -0.131. The van der Waals surface area contributed by atoms with Gasteiger partial charge in [0, 0.05) is 19.2 Å². The van der Waals surface area contributed by atoms with Crippen LogP contribution in [0.3, 0.4) is 0 Å². The molecule has 3 aromatic heterocycles. The Morgan fingerprint density at radius 3 is 2.76 bits per heavy atom. The molecule has 4 aromatic rings. The number of aromatic nitrogens is 6. The number of hydrogen-bond acceptors (Lipinski definition) is 7. The molecule has 0 spiro atoms. The number of para-hydroxylation sites is 1. The molecular weight excluding hydrogens is 450 g/mol. The fraction of sp³-hybridized carbons (Fsp3) is 0.333. The third-order valence-corrected chi connectivity index (χ3v) is 6.93. The second-order valence-electron chi connectivity index (χ2n) is 8.28. The van der Waals surface area contributed by atoms with Crippen LogP contribution in [-0.4, -0.2) is 47.1 Å². The van der Waals surface area contributed by atoms with Gasteiger partial charge in [-0.05, 0) is 44.0 Å². The van der Waals surface area contributed by atoms with E-state index in [0.29, 0.717) is 46.5 Å². The molecule has 1 N–H and O–H groups in total. The first-order valence-corrected chi connectivity index (χ1v) is 12.3. The Labute approximate surface area is 200 Å². The van der Waals surface area contributed by atoms with Crippen LogP contribution in [0.5, 0.6) is 0 Å². The Morgan fingerprint density at radius 2 is 1.91 bits per heavy atom. The smallest absolute Gasteiger partial charge is 0.258 e. The van der Waals surface area contributed by atoms with E-state index in [1.807, 2.05) is 52.8 Å². The summed E-state index contributed by atoms with van der Waals surface area (Å²) in [6.07, 6.45) is 5.26. The van der Waals surface area contributed by atoms with Crippen molar-refractivity contribution in [2.45, 2.75) is 49.6 Å². The summed E-state index contributed by atoms with van der Waals surface area (Å²) in [6, 6.07) is 12.9. The van der Waals surface area contributed by atoms with E-state index in [1.165, 1.54) is 11.8 Å². The Kier molecular flexibility index (Phi) is 6.39. The Hall–Kier alpha value is -3.53. The molecule has 1 aromatic carbocycles. The lowest BCUT2D eigenvalue weighted by Crippen LogP contribution is -2.31. The van der Waals surface area contributed by atoms with E-state index in [9.17, 15) is 9.59 Å². The normalized spacial score (nSPS) is 15.4. The summed E-state index contributed by atoms with van der Waals surface area (Å²) in [5.41, 5.74) is 0.486. The van der Waals surface area contributed by atoms with Crippen molar-refractivity contribution in [3.63, 3.8) is 0 Å². The maximum atomic E-state index is 12.6. The highest BCUT2D eigenvalue weighted by Gasteiger charge is 2.24. The Balaban J connectivity index is 1.48. The molecule has 4 heterocycles. The van der Waals surface area contributed by atoms with Gasteiger partial charge in [-0.1, -0.05) is 36.4 Å². The summed E-state index contributed by atoms with van der Waals surface area (Å²) in [5, 5.41) is 9.85. The molecule has 34 heavy (non-hydrogen) atoms. The molecule has 1 aliphatic heterocycles. The van der Waals surface area contributed by atoms with Gasteiger partial charge in [0.25, 0.3) is 5.56 Å². The molecule has 1 aliphatic rings. The van der Waals surface area contributed by atoms with E-state index < -0.39 is 0 Å². The maximum absolute atomic E-state index is 12.6. The Morgan fingerprint density at radius 1 is 1.06 bits per heavy atom. The molecule has 0 bridgehead atoms. The van der Waals surface area contributed by atoms with E-state index in [2.05, 4.69) is 25.1 Å². The van der Waals surface area contributed by atoms with Crippen LogP contribution in [0.1, 0.15) is 49.5 Å². The minimum absolute atomic E-state index is 0.147. The number of hydrogen-bond donors (Lipinski definition) is 1. The van der Waals surface area contributed by atoms with Crippen molar-refractivity contribution in [3.8, 4) is 5.82 Å². The minimum atomic E-state index is -0.198. The minimum Gasteiger partial charge on any atom is -0.335 e. The van der Waals surface area contributed by atoms with Gasteiger partial charge in [0.15, 0.2) is 11.0 Å². The summed E-state index contributed by atoms with van der Waals surface area (Å²) in [5.74, 6) is 2.05. The molecule has 1 amide bonds. The van der Waals surface area contributed by atoms with Crippen molar-refractivity contribution in [3.05, 3.63) is 70.7 Å². The maximum Gasteiger partial charge on any atom is 0.258 e. The van der Waals surface area contributed by atoms with Crippen LogP contribution < -0.4 is 5.56 Å². The number of likely N-dealkylation sites (tertiary alicyclic amines) is 1. The van der Waals surface area contributed by atoms with Crippen molar-refractivity contribution < 1.29 is 4.79 Å². The number of fused-ring (bicyclic) bond motifs is 1. The second kappa shape index (κ2) is 9.76. The van der Waals surface area contributed by atoms with E-state index in [4.69, 9.17) is 0 Å². The van der Waals surface area contributed by atoms with Crippen molar-refractivity contribution in [1.29, 1.82) is 0 Å². The van der Waals surface area contributed by atoms with Gasteiger partial charge in [0.1, 0.15) is 11.6 Å². The van der Waals surface area contributed by atoms with Gasteiger partial charge >= 0.3 is 0 Å². The number of pyridine rings is 1. The van der Waals surface area contributed by atoms with Crippen LogP contribution in [0.2, 0.25) is 0 Å². The fourth-order valence-corrected chi connectivity index (χ4v) is 5.01. The van der Waals surface area contributed by atoms with Crippen LogP contribution in [0, 0.1) is 0 Å². The molecule has 5 rings (SSSR count).